The van der Waals surface area contributed by atoms with Crippen LogP contribution in [0.4, 0.5) is 19.0 Å². The molecule has 2 aliphatic heterocycles. The Labute approximate surface area is 156 Å². The quantitative estimate of drug-likeness (QED) is 0.860. The Morgan fingerprint density at radius 2 is 1.85 bits per heavy atom. The van der Waals surface area contributed by atoms with Gasteiger partial charge >= 0.3 is 6.18 Å². The lowest BCUT2D eigenvalue weighted by Gasteiger charge is -2.30. The van der Waals surface area contributed by atoms with E-state index in [-0.39, 0.29) is 0 Å². The number of halogens is 3. The zero-order valence-electron chi connectivity index (χ0n) is 15.1. The summed E-state index contributed by atoms with van der Waals surface area (Å²) in [6.07, 6.45) is -2.10. The Hall–Kier alpha value is -2.19. The summed E-state index contributed by atoms with van der Waals surface area (Å²) in [6.45, 7) is 3.39. The first-order valence-electron chi connectivity index (χ1n) is 9.13. The number of likely N-dealkylation sites (tertiary alicyclic amines) is 1. The summed E-state index contributed by atoms with van der Waals surface area (Å²) in [5.74, 6) is 0.783. The summed E-state index contributed by atoms with van der Waals surface area (Å²) in [5.41, 5.74) is 2.72. The van der Waals surface area contributed by atoms with Crippen molar-refractivity contribution in [2.45, 2.75) is 38.1 Å². The molecule has 1 fully saturated rings. The minimum Gasteiger partial charge on any atom is -0.364 e. The molecule has 144 valence electrons. The molecule has 2 N–H and O–H groups in total. The number of aromatic nitrogens is 2. The van der Waals surface area contributed by atoms with Crippen molar-refractivity contribution >= 4 is 5.82 Å². The van der Waals surface area contributed by atoms with Gasteiger partial charge in [0.25, 0.3) is 0 Å². The van der Waals surface area contributed by atoms with E-state index in [2.05, 4.69) is 32.8 Å². The van der Waals surface area contributed by atoms with Gasteiger partial charge in [-0.25, -0.2) is 0 Å². The van der Waals surface area contributed by atoms with E-state index in [0.717, 1.165) is 55.0 Å². The average molecular weight is 377 g/mol. The fourth-order valence-corrected chi connectivity index (χ4v) is 3.84. The maximum absolute atomic E-state index is 12.8. The highest BCUT2D eigenvalue weighted by Gasteiger charge is 2.30. The van der Waals surface area contributed by atoms with Crippen LogP contribution in [0.25, 0.3) is 11.3 Å². The monoisotopic (exact) mass is 377 g/mol. The molecule has 0 aliphatic carbocycles. The summed E-state index contributed by atoms with van der Waals surface area (Å²) >= 11 is 0. The summed E-state index contributed by atoms with van der Waals surface area (Å²) in [6, 6.07) is 5.45. The number of anilines is 1. The van der Waals surface area contributed by atoms with Crippen LogP contribution in [0, 0.1) is 0 Å². The van der Waals surface area contributed by atoms with Gasteiger partial charge in [0.1, 0.15) is 0 Å². The van der Waals surface area contributed by atoms with E-state index in [1.807, 2.05) is 0 Å². The van der Waals surface area contributed by atoms with Crippen molar-refractivity contribution < 1.29 is 13.2 Å². The number of benzene rings is 1. The number of piperidine rings is 1. The maximum atomic E-state index is 12.8. The Morgan fingerprint density at radius 3 is 2.56 bits per heavy atom. The number of nitrogens with zero attached hydrogens (tertiary/aromatic N) is 3. The Bertz CT molecular complexity index is 819. The van der Waals surface area contributed by atoms with Gasteiger partial charge in [0.05, 0.1) is 11.3 Å². The molecule has 0 saturated carbocycles. The normalized spacial score (nSPS) is 20.5. The van der Waals surface area contributed by atoms with E-state index >= 15 is 0 Å². The van der Waals surface area contributed by atoms with Crippen LogP contribution in [-0.4, -0.2) is 41.3 Å². The predicted molar refractivity (Wildman–Crippen MR) is 97.2 cm³/mol. The van der Waals surface area contributed by atoms with Crippen molar-refractivity contribution in [3.05, 3.63) is 41.0 Å². The van der Waals surface area contributed by atoms with Crippen LogP contribution in [0.3, 0.4) is 0 Å². The first-order chi connectivity index (χ1) is 12.9. The Kier molecular flexibility index (Phi) is 4.77. The molecule has 2 aliphatic rings. The van der Waals surface area contributed by atoms with Gasteiger partial charge in [-0.3, -0.25) is 0 Å². The minimum atomic E-state index is -4.34. The fourth-order valence-electron chi connectivity index (χ4n) is 3.84. The molecule has 2 aromatic rings. The number of hydrogen-bond acceptors (Lipinski definition) is 5. The van der Waals surface area contributed by atoms with Crippen LogP contribution in [-0.2, 0) is 19.3 Å². The second-order valence-corrected chi connectivity index (χ2v) is 7.28. The van der Waals surface area contributed by atoms with Crippen LogP contribution in [0.1, 0.15) is 29.5 Å². The van der Waals surface area contributed by atoms with Crippen LogP contribution in [0.15, 0.2) is 24.3 Å². The molecule has 4 rings (SSSR count). The second kappa shape index (κ2) is 7.09. The lowest BCUT2D eigenvalue weighted by atomic mass is 10.0. The lowest BCUT2D eigenvalue weighted by Crippen LogP contribution is -2.40. The molecule has 27 heavy (non-hydrogen) atoms. The first-order valence-corrected chi connectivity index (χ1v) is 9.13. The van der Waals surface area contributed by atoms with E-state index in [1.54, 1.807) is 0 Å². The molecule has 1 aromatic carbocycles. The summed E-state index contributed by atoms with van der Waals surface area (Å²) in [5, 5.41) is 15.5. The number of fused-ring (bicyclic) bond motifs is 1. The van der Waals surface area contributed by atoms with E-state index in [0.29, 0.717) is 30.4 Å². The summed E-state index contributed by atoms with van der Waals surface area (Å²) in [4.78, 5) is 2.30. The number of hydrogen-bond donors (Lipinski definition) is 2. The SMILES string of the molecule is CN1CCC[C@@H](Nc2nnc(-c3ccc(C(F)(F)F)cc3)c3c2CNC3)C1. The van der Waals surface area contributed by atoms with Crippen molar-refractivity contribution in [3.8, 4) is 11.3 Å². The number of rotatable bonds is 3. The third kappa shape index (κ3) is 3.77. The molecule has 0 spiro atoms. The highest BCUT2D eigenvalue weighted by atomic mass is 19.4. The molecule has 8 heteroatoms. The topological polar surface area (TPSA) is 53.1 Å². The highest BCUT2D eigenvalue weighted by Crippen LogP contribution is 2.34. The predicted octanol–water partition coefficient (Wildman–Crippen LogP) is 3.27. The second-order valence-electron chi connectivity index (χ2n) is 7.28. The van der Waals surface area contributed by atoms with E-state index in [4.69, 9.17) is 0 Å². The zero-order chi connectivity index (χ0) is 19.0. The van der Waals surface area contributed by atoms with Crippen LogP contribution < -0.4 is 10.6 Å². The highest BCUT2D eigenvalue weighted by molar-refractivity contribution is 5.68. The fraction of sp³-hybridized carbons (Fsp3) is 0.474. The van der Waals surface area contributed by atoms with Gasteiger partial charge in [-0.1, -0.05) is 12.1 Å². The molecule has 1 atom stereocenters. The molecule has 0 amide bonds. The maximum Gasteiger partial charge on any atom is 0.416 e. The third-order valence-corrected chi connectivity index (χ3v) is 5.24. The molecule has 5 nitrogen and oxygen atoms in total. The number of nitrogens with one attached hydrogen (secondary N) is 2. The van der Waals surface area contributed by atoms with Gasteiger partial charge < -0.3 is 15.5 Å². The molecule has 0 radical (unpaired) electrons. The van der Waals surface area contributed by atoms with Gasteiger partial charge in [-0.15, -0.1) is 10.2 Å². The van der Waals surface area contributed by atoms with E-state index in [1.165, 1.54) is 12.1 Å². The Balaban J connectivity index is 1.61. The summed E-state index contributed by atoms with van der Waals surface area (Å²) < 4.78 is 38.4. The molecule has 0 bridgehead atoms. The van der Waals surface area contributed by atoms with Crippen molar-refractivity contribution in [3.63, 3.8) is 0 Å². The minimum absolute atomic E-state index is 0.333. The van der Waals surface area contributed by atoms with Crippen molar-refractivity contribution in [2.75, 3.05) is 25.5 Å². The lowest BCUT2D eigenvalue weighted by molar-refractivity contribution is -0.137. The summed E-state index contributed by atoms with van der Waals surface area (Å²) in [7, 11) is 2.11. The van der Waals surface area contributed by atoms with Gasteiger partial charge in [-0.2, -0.15) is 13.2 Å². The standard InChI is InChI=1S/C19H22F3N5/c1-27-8-2-3-14(11-27)24-18-16-10-23-9-15(16)17(25-26-18)12-4-6-13(7-5-12)19(20,21)22/h4-7,14,23H,2-3,8-11H2,1H3,(H,24,26)/t14-/m1/s1. The number of likely N-dealkylation sites (N-methyl/N-ethyl adjacent to an activating group) is 1. The molecule has 3 heterocycles. The van der Waals surface area contributed by atoms with Crippen molar-refractivity contribution in [2.24, 2.45) is 0 Å². The Morgan fingerprint density at radius 1 is 1.11 bits per heavy atom. The van der Waals surface area contributed by atoms with Gasteiger partial charge in [0.2, 0.25) is 0 Å². The van der Waals surface area contributed by atoms with E-state index in [9.17, 15) is 13.2 Å². The molecular formula is C19H22F3N5. The third-order valence-electron chi connectivity index (χ3n) is 5.24. The van der Waals surface area contributed by atoms with Crippen LogP contribution in [0.5, 0.6) is 0 Å². The molecular weight excluding hydrogens is 355 g/mol. The average Bonchev–Trinajstić information content (AvgIpc) is 3.12. The van der Waals surface area contributed by atoms with Crippen LogP contribution in [0.2, 0.25) is 0 Å². The van der Waals surface area contributed by atoms with Crippen molar-refractivity contribution in [1.82, 2.24) is 20.4 Å². The largest absolute Gasteiger partial charge is 0.416 e. The van der Waals surface area contributed by atoms with Gasteiger partial charge in [0, 0.05) is 42.4 Å². The first kappa shape index (κ1) is 18.2. The molecule has 1 saturated heterocycles. The van der Waals surface area contributed by atoms with Crippen LogP contribution >= 0.6 is 0 Å². The molecule has 1 aromatic heterocycles. The molecule has 0 unspecified atom stereocenters. The zero-order valence-corrected chi connectivity index (χ0v) is 15.1. The van der Waals surface area contributed by atoms with Crippen molar-refractivity contribution in [1.29, 1.82) is 0 Å². The number of alkyl halides is 3. The van der Waals surface area contributed by atoms with Gasteiger partial charge in [-0.05, 0) is 38.6 Å². The van der Waals surface area contributed by atoms with E-state index < -0.39 is 11.7 Å². The van der Waals surface area contributed by atoms with Gasteiger partial charge in [0.15, 0.2) is 5.82 Å². The smallest absolute Gasteiger partial charge is 0.364 e.